The van der Waals surface area contributed by atoms with Gasteiger partial charge in [0.15, 0.2) is 0 Å². The van der Waals surface area contributed by atoms with Gasteiger partial charge in [0.25, 0.3) is 0 Å². The Hall–Kier alpha value is 0.240. The van der Waals surface area contributed by atoms with Crippen LogP contribution >= 0.6 is 11.8 Å². The van der Waals surface area contributed by atoms with Crippen molar-refractivity contribution in [2.24, 2.45) is 0 Å². The summed E-state index contributed by atoms with van der Waals surface area (Å²) in [7, 11) is -0.693. The second-order valence-electron chi connectivity index (χ2n) is 2.62. The maximum absolute atomic E-state index is 11.4. The minimum atomic E-state index is -0.693. The second kappa shape index (κ2) is 2.70. The number of hydrogen-bond donors (Lipinski definition) is 0. The van der Waals surface area contributed by atoms with Crippen molar-refractivity contribution >= 4 is 22.6 Å². The van der Waals surface area contributed by atoms with Gasteiger partial charge in [-0.25, -0.2) is 0 Å². The predicted molar refractivity (Wildman–Crippen MR) is 48.7 cm³/mol. The number of thioether (sulfide) groups is 1. The summed E-state index contributed by atoms with van der Waals surface area (Å²) in [6.45, 7) is 7.82. The van der Waals surface area contributed by atoms with Gasteiger partial charge in [-0.05, 0) is 13.8 Å². The van der Waals surface area contributed by atoms with E-state index >= 15 is 0 Å². The van der Waals surface area contributed by atoms with Crippen molar-refractivity contribution in [3.05, 3.63) is 12.2 Å². The first-order valence-electron chi connectivity index (χ1n) is 3.26. The lowest BCUT2D eigenvalue weighted by Crippen LogP contribution is -2.23. The normalized spacial score (nSPS) is 40.0. The van der Waals surface area contributed by atoms with Gasteiger partial charge in [-0.2, -0.15) is 0 Å². The largest absolute Gasteiger partial charge is 0.258 e. The highest BCUT2D eigenvalue weighted by Crippen LogP contribution is 2.40. The van der Waals surface area contributed by atoms with Crippen molar-refractivity contribution in [2.45, 2.75) is 17.9 Å². The molecule has 0 spiro atoms. The molecule has 3 heteroatoms. The van der Waals surface area contributed by atoms with Crippen molar-refractivity contribution in [1.29, 1.82) is 0 Å². The highest BCUT2D eigenvalue weighted by atomic mass is 32.2. The van der Waals surface area contributed by atoms with E-state index < -0.39 is 10.8 Å². The van der Waals surface area contributed by atoms with Crippen LogP contribution in [-0.2, 0) is 10.8 Å². The lowest BCUT2D eigenvalue weighted by molar-refractivity contribution is 0.678. The van der Waals surface area contributed by atoms with Crippen LogP contribution in [0.5, 0.6) is 0 Å². The first-order chi connectivity index (χ1) is 4.57. The third kappa shape index (κ3) is 1.17. The molecule has 1 unspecified atom stereocenters. The van der Waals surface area contributed by atoms with E-state index in [-0.39, 0.29) is 4.08 Å². The van der Waals surface area contributed by atoms with E-state index in [1.54, 1.807) is 11.8 Å². The van der Waals surface area contributed by atoms with Crippen LogP contribution in [0.15, 0.2) is 12.2 Å². The molecule has 0 amide bonds. The summed E-state index contributed by atoms with van der Waals surface area (Å²) in [6.07, 6.45) is 0. The molecule has 0 N–H and O–H groups in total. The average Bonchev–Trinajstić information content (AvgIpc) is 2.15. The summed E-state index contributed by atoms with van der Waals surface area (Å²) in [5.74, 6) is 1.84. The predicted octanol–water partition coefficient (Wildman–Crippen LogP) is 1.77. The first-order valence-corrected chi connectivity index (χ1v) is 5.56. The maximum atomic E-state index is 11.4. The summed E-state index contributed by atoms with van der Waals surface area (Å²) < 4.78 is 11.2. The fraction of sp³-hybridized carbons (Fsp3) is 0.714. The van der Waals surface area contributed by atoms with Gasteiger partial charge in [0, 0.05) is 22.3 Å². The molecule has 0 aromatic heterocycles. The van der Waals surface area contributed by atoms with Crippen LogP contribution in [0.25, 0.3) is 0 Å². The number of hydrogen-bond acceptors (Lipinski definition) is 2. The van der Waals surface area contributed by atoms with Gasteiger partial charge in [0.2, 0.25) is 0 Å². The van der Waals surface area contributed by atoms with Crippen LogP contribution in [0.4, 0.5) is 0 Å². The third-order valence-electron chi connectivity index (χ3n) is 1.86. The van der Waals surface area contributed by atoms with Gasteiger partial charge in [-0.15, -0.1) is 11.8 Å². The van der Waals surface area contributed by atoms with Crippen molar-refractivity contribution in [1.82, 2.24) is 0 Å². The van der Waals surface area contributed by atoms with Gasteiger partial charge in [0.05, 0.1) is 0 Å². The zero-order valence-electron chi connectivity index (χ0n) is 6.35. The Kier molecular flexibility index (Phi) is 2.25. The lowest BCUT2D eigenvalue weighted by atomic mass is 10.3. The Morgan fingerprint density at radius 2 is 2.40 bits per heavy atom. The van der Waals surface area contributed by atoms with E-state index in [2.05, 4.69) is 6.58 Å². The van der Waals surface area contributed by atoms with Crippen LogP contribution in [0.2, 0.25) is 0 Å². The van der Waals surface area contributed by atoms with Crippen LogP contribution < -0.4 is 0 Å². The average molecular weight is 176 g/mol. The van der Waals surface area contributed by atoms with E-state index in [4.69, 9.17) is 0 Å². The molecule has 0 aliphatic carbocycles. The molecule has 10 heavy (non-hydrogen) atoms. The smallest absolute Gasteiger partial charge is 0.108 e. The number of rotatable bonds is 1. The van der Waals surface area contributed by atoms with Crippen LogP contribution in [0, 0.1) is 0 Å². The lowest BCUT2D eigenvalue weighted by Gasteiger charge is -2.20. The molecule has 1 heterocycles. The van der Waals surface area contributed by atoms with Gasteiger partial charge >= 0.3 is 0 Å². The van der Waals surface area contributed by atoms with E-state index in [1.165, 1.54) is 0 Å². The molecule has 2 atom stereocenters. The van der Waals surface area contributed by atoms with Crippen molar-refractivity contribution in [2.75, 3.05) is 11.5 Å². The topological polar surface area (TPSA) is 17.1 Å². The highest BCUT2D eigenvalue weighted by molar-refractivity contribution is 8.15. The van der Waals surface area contributed by atoms with Crippen molar-refractivity contribution < 1.29 is 4.21 Å². The van der Waals surface area contributed by atoms with Crippen LogP contribution in [0.1, 0.15) is 13.8 Å². The van der Waals surface area contributed by atoms with E-state index in [0.717, 1.165) is 17.1 Å². The fourth-order valence-electron chi connectivity index (χ4n) is 0.890. The Morgan fingerprint density at radius 3 is 2.60 bits per heavy atom. The van der Waals surface area contributed by atoms with E-state index in [0.29, 0.717) is 0 Å². The van der Waals surface area contributed by atoms with Gasteiger partial charge in [0.1, 0.15) is 4.08 Å². The summed E-state index contributed by atoms with van der Waals surface area (Å²) in [5.41, 5.74) is 1.04. The van der Waals surface area contributed by atoms with E-state index in [1.807, 2.05) is 13.8 Å². The second-order valence-corrected chi connectivity index (χ2v) is 6.31. The molecular weight excluding hydrogens is 164 g/mol. The fourth-order valence-corrected chi connectivity index (χ4v) is 4.27. The molecular formula is C7H12OS2. The van der Waals surface area contributed by atoms with Crippen molar-refractivity contribution in [3.63, 3.8) is 0 Å². The highest BCUT2D eigenvalue weighted by Gasteiger charge is 2.37. The minimum Gasteiger partial charge on any atom is -0.258 e. The Balaban J connectivity index is 2.86. The third-order valence-corrected chi connectivity index (χ3v) is 6.13. The summed E-state index contributed by atoms with van der Waals surface area (Å²) in [4.78, 5) is 0. The zero-order valence-corrected chi connectivity index (χ0v) is 7.98. The summed E-state index contributed by atoms with van der Waals surface area (Å²) >= 11 is 1.76. The summed E-state index contributed by atoms with van der Waals surface area (Å²) in [6, 6.07) is 0. The molecule has 1 saturated heterocycles. The Labute approximate surface area is 68.7 Å². The molecule has 1 aliphatic heterocycles. The molecule has 0 radical (unpaired) electrons. The molecule has 58 valence electrons. The minimum absolute atomic E-state index is 0.153. The monoisotopic (exact) mass is 176 g/mol. The molecule has 0 bridgehead atoms. The standard InChI is InChI=1S/C7H12OS2/c1-6(2)7(3)9-4-5-10(7)8/h1,4-5H2,2-3H3/t7-,10?/m1/s1. The Morgan fingerprint density at radius 1 is 1.80 bits per heavy atom. The molecule has 0 aromatic carbocycles. The zero-order chi connectivity index (χ0) is 7.78. The molecule has 1 aliphatic rings. The molecule has 0 aromatic rings. The molecule has 1 rings (SSSR count). The van der Waals surface area contributed by atoms with Gasteiger partial charge in [-0.3, -0.25) is 4.21 Å². The first kappa shape index (κ1) is 8.34. The maximum Gasteiger partial charge on any atom is 0.108 e. The summed E-state index contributed by atoms with van der Waals surface area (Å²) in [5, 5.41) is 0. The SMILES string of the molecule is C=C(C)[C@]1(C)SCCS1=O. The van der Waals surface area contributed by atoms with Gasteiger partial charge in [-0.1, -0.05) is 12.2 Å². The molecule has 0 saturated carbocycles. The van der Waals surface area contributed by atoms with Crippen molar-refractivity contribution in [3.8, 4) is 0 Å². The van der Waals surface area contributed by atoms with Gasteiger partial charge < -0.3 is 0 Å². The van der Waals surface area contributed by atoms with E-state index in [9.17, 15) is 4.21 Å². The van der Waals surface area contributed by atoms with Crippen LogP contribution in [0.3, 0.4) is 0 Å². The Bertz CT molecular complexity index is 188. The quantitative estimate of drug-likeness (QED) is 0.566. The van der Waals surface area contributed by atoms with Crippen LogP contribution in [-0.4, -0.2) is 19.8 Å². The molecule has 1 nitrogen and oxygen atoms in total. The molecule has 1 fully saturated rings.